The fraction of sp³-hybridized carbons (Fsp3) is 0.571. The fourth-order valence-electron chi connectivity index (χ4n) is 1.28. The van der Waals surface area contributed by atoms with Crippen LogP contribution in [0.2, 0.25) is 0 Å². The Bertz CT molecular complexity index is 242. The van der Waals surface area contributed by atoms with Crippen molar-refractivity contribution in [2.75, 3.05) is 6.54 Å². The average Bonchev–Trinajstić information content (AvgIpc) is 2.34. The first-order valence-corrected chi connectivity index (χ1v) is 3.52. The van der Waals surface area contributed by atoms with E-state index in [2.05, 4.69) is 10.5 Å². The monoisotopic (exact) mass is 138 g/mol. The van der Waals surface area contributed by atoms with Gasteiger partial charge in [0.25, 0.3) is 0 Å². The highest BCUT2D eigenvalue weighted by molar-refractivity contribution is 5.23. The molecule has 0 atom stereocenters. The maximum absolute atomic E-state index is 5.03. The number of hydrogen-bond acceptors (Lipinski definition) is 3. The Labute approximate surface area is 59.4 Å². The van der Waals surface area contributed by atoms with E-state index >= 15 is 0 Å². The number of aromatic nitrogens is 1. The van der Waals surface area contributed by atoms with E-state index in [0.29, 0.717) is 0 Å². The summed E-state index contributed by atoms with van der Waals surface area (Å²) in [6, 6.07) is 0. The van der Waals surface area contributed by atoms with Crippen LogP contribution in [0.4, 0.5) is 0 Å². The minimum atomic E-state index is 0.921. The van der Waals surface area contributed by atoms with Gasteiger partial charge in [-0.15, -0.1) is 0 Å². The molecule has 1 aliphatic heterocycles. The molecule has 10 heavy (non-hydrogen) atoms. The van der Waals surface area contributed by atoms with E-state index in [0.717, 1.165) is 31.0 Å². The van der Waals surface area contributed by atoms with Gasteiger partial charge in [-0.05, 0) is 6.92 Å². The molecule has 3 nitrogen and oxygen atoms in total. The van der Waals surface area contributed by atoms with Crippen LogP contribution in [0.3, 0.4) is 0 Å². The van der Waals surface area contributed by atoms with Crippen LogP contribution in [0.15, 0.2) is 4.52 Å². The van der Waals surface area contributed by atoms with Gasteiger partial charge in [0.15, 0.2) is 0 Å². The molecule has 54 valence electrons. The summed E-state index contributed by atoms with van der Waals surface area (Å²) in [4.78, 5) is 0. The van der Waals surface area contributed by atoms with E-state index < -0.39 is 0 Å². The van der Waals surface area contributed by atoms with Crippen molar-refractivity contribution < 1.29 is 4.52 Å². The van der Waals surface area contributed by atoms with Gasteiger partial charge in [0.1, 0.15) is 5.76 Å². The third-order valence-corrected chi connectivity index (χ3v) is 1.91. The Balaban J connectivity index is 2.45. The smallest absolute Gasteiger partial charge is 0.138 e. The molecule has 2 rings (SSSR count). The molecule has 2 heterocycles. The molecule has 0 aromatic carbocycles. The van der Waals surface area contributed by atoms with Crippen molar-refractivity contribution in [3.8, 4) is 0 Å². The minimum Gasteiger partial charge on any atom is -0.361 e. The summed E-state index contributed by atoms with van der Waals surface area (Å²) in [5.41, 5.74) is 2.39. The van der Waals surface area contributed by atoms with Gasteiger partial charge in [0.2, 0.25) is 0 Å². The van der Waals surface area contributed by atoms with Crippen molar-refractivity contribution in [1.29, 1.82) is 0 Å². The van der Waals surface area contributed by atoms with Gasteiger partial charge in [-0.3, -0.25) is 0 Å². The third kappa shape index (κ3) is 0.743. The van der Waals surface area contributed by atoms with Gasteiger partial charge >= 0.3 is 0 Å². The van der Waals surface area contributed by atoms with Crippen LogP contribution in [0, 0.1) is 6.92 Å². The van der Waals surface area contributed by atoms with E-state index in [-0.39, 0.29) is 0 Å². The number of rotatable bonds is 0. The van der Waals surface area contributed by atoms with Crippen LogP contribution in [0.25, 0.3) is 0 Å². The number of nitrogens with zero attached hydrogens (tertiary/aromatic N) is 1. The van der Waals surface area contributed by atoms with E-state index in [1.54, 1.807) is 0 Å². The summed E-state index contributed by atoms with van der Waals surface area (Å²) in [6.07, 6.45) is 1.01. The molecule has 1 aromatic rings. The van der Waals surface area contributed by atoms with Crippen molar-refractivity contribution >= 4 is 0 Å². The van der Waals surface area contributed by atoms with Crippen LogP contribution < -0.4 is 5.32 Å². The minimum absolute atomic E-state index is 0.921. The molecule has 0 radical (unpaired) electrons. The maximum Gasteiger partial charge on any atom is 0.138 e. The molecule has 0 bridgehead atoms. The van der Waals surface area contributed by atoms with Crippen LogP contribution >= 0.6 is 0 Å². The van der Waals surface area contributed by atoms with E-state index in [1.807, 2.05) is 6.92 Å². The molecule has 0 fully saturated rings. The molecule has 1 aromatic heterocycles. The fourth-order valence-corrected chi connectivity index (χ4v) is 1.28. The quantitative estimate of drug-likeness (QED) is 0.571. The van der Waals surface area contributed by atoms with Crippen molar-refractivity contribution in [2.24, 2.45) is 0 Å². The van der Waals surface area contributed by atoms with Crippen LogP contribution in [-0.4, -0.2) is 11.7 Å². The largest absolute Gasteiger partial charge is 0.361 e. The summed E-state index contributed by atoms with van der Waals surface area (Å²) in [5, 5.41) is 7.21. The Morgan fingerprint density at radius 3 is 3.30 bits per heavy atom. The van der Waals surface area contributed by atoms with Crippen LogP contribution in [0.5, 0.6) is 0 Å². The summed E-state index contributed by atoms with van der Waals surface area (Å²) in [5.74, 6) is 0.960. The molecule has 0 spiro atoms. The summed E-state index contributed by atoms with van der Waals surface area (Å²) < 4.78 is 5.03. The lowest BCUT2D eigenvalue weighted by molar-refractivity contribution is 0.391. The molecule has 1 N–H and O–H groups in total. The third-order valence-electron chi connectivity index (χ3n) is 1.91. The summed E-state index contributed by atoms with van der Waals surface area (Å²) in [7, 11) is 0. The predicted octanol–water partition coefficient (Wildman–Crippen LogP) is 0.629. The number of fused-ring (bicyclic) bond motifs is 1. The van der Waals surface area contributed by atoms with Gasteiger partial charge in [-0.25, -0.2) is 0 Å². The Hall–Kier alpha value is -0.830. The summed E-state index contributed by atoms with van der Waals surface area (Å²) in [6.45, 7) is 3.91. The van der Waals surface area contributed by atoms with Gasteiger partial charge in [-0.1, -0.05) is 5.16 Å². The maximum atomic E-state index is 5.03. The average molecular weight is 138 g/mol. The predicted molar refractivity (Wildman–Crippen MR) is 36.7 cm³/mol. The lowest BCUT2D eigenvalue weighted by Crippen LogP contribution is -2.23. The van der Waals surface area contributed by atoms with Gasteiger partial charge in [0, 0.05) is 25.1 Å². The van der Waals surface area contributed by atoms with Crippen LogP contribution in [-0.2, 0) is 13.0 Å². The molecular formula is C7H10N2O. The van der Waals surface area contributed by atoms with Gasteiger partial charge in [-0.2, -0.15) is 0 Å². The lowest BCUT2D eigenvalue weighted by Gasteiger charge is -2.09. The SMILES string of the molecule is Cc1onc2c1CNCC2. The van der Waals surface area contributed by atoms with E-state index in [1.165, 1.54) is 5.56 Å². The molecule has 0 unspecified atom stereocenters. The molecule has 3 heteroatoms. The first-order valence-electron chi connectivity index (χ1n) is 3.52. The first-order chi connectivity index (χ1) is 4.88. The van der Waals surface area contributed by atoms with Crippen molar-refractivity contribution in [2.45, 2.75) is 19.9 Å². The topological polar surface area (TPSA) is 38.1 Å². The van der Waals surface area contributed by atoms with Gasteiger partial charge < -0.3 is 9.84 Å². The summed E-state index contributed by atoms with van der Waals surface area (Å²) >= 11 is 0. The molecule has 0 aliphatic carbocycles. The molecule has 1 aliphatic rings. The zero-order chi connectivity index (χ0) is 6.97. The highest BCUT2D eigenvalue weighted by atomic mass is 16.5. The Kier molecular flexibility index (Phi) is 1.24. The van der Waals surface area contributed by atoms with Gasteiger partial charge in [0.05, 0.1) is 5.69 Å². The molecule has 0 saturated carbocycles. The van der Waals surface area contributed by atoms with Crippen molar-refractivity contribution in [3.63, 3.8) is 0 Å². The van der Waals surface area contributed by atoms with E-state index in [9.17, 15) is 0 Å². The number of aryl methyl sites for hydroxylation is 1. The van der Waals surface area contributed by atoms with Crippen molar-refractivity contribution in [3.05, 3.63) is 17.0 Å². The second kappa shape index (κ2) is 2.09. The highest BCUT2D eigenvalue weighted by Crippen LogP contribution is 2.15. The second-order valence-corrected chi connectivity index (χ2v) is 2.59. The number of nitrogens with one attached hydrogen (secondary N) is 1. The standard InChI is InChI=1S/C7H10N2O/c1-5-6-4-8-3-2-7(6)9-10-5/h8H,2-4H2,1H3. The Morgan fingerprint density at radius 1 is 1.60 bits per heavy atom. The Morgan fingerprint density at radius 2 is 2.50 bits per heavy atom. The zero-order valence-electron chi connectivity index (χ0n) is 5.98. The molecule has 0 amide bonds. The zero-order valence-corrected chi connectivity index (χ0v) is 5.98. The van der Waals surface area contributed by atoms with Crippen molar-refractivity contribution in [1.82, 2.24) is 10.5 Å². The lowest BCUT2D eigenvalue weighted by atomic mass is 10.1. The second-order valence-electron chi connectivity index (χ2n) is 2.59. The molecular weight excluding hydrogens is 128 g/mol. The number of hydrogen-bond donors (Lipinski definition) is 1. The molecule has 0 saturated heterocycles. The highest BCUT2D eigenvalue weighted by Gasteiger charge is 2.15. The normalized spacial score (nSPS) is 16.9. The van der Waals surface area contributed by atoms with E-state index in [4.69, 9.17) is 4.52 Å². The first kappa shape index (κ1) is 5.92. The van der Waals surface area contributed by atoms with Crippen LogP contribution in [0.1, 0.15) is 17.0 Å².